The molecule has 3 rings (SSSR count). The van der Waals surface area contributed by atoms with Crippen LogP contribution in [0.1, 0.15) is 0 Å². The number of benzene rings is 1. The smallest absolute Gasteiger partial charge is 0.433 e. The molecule has 126 valence electrons. The van der Waals surface area contributed by atoms with Crippen LogP contribution in [0, 0.1) is 0 Å². The molecule has 0 N–H and O–H groups in total. The van der Waals surface area contributed by atoms with Gasteiger partial charge in [-0.25, -0.2) is 4.79 Å². The van der Waals surface area contributed by atoms with Crippen molar-refractivity contribution in [2.45, 2.75) is 0 Å². The van der Waals surface area contributed by atoms with E-state index in [1.165, 1.54) is 11.9 Å². The maximum absolute atomic E-state index is 11.6. The van der Waals surface area contributed by atoms with E-state index in [9.17, 15) is 4.79 Å². The largest absolute Gasteiger partial charge is 0.513 e. The number of piperazine rings is 1. The number of para-hydroxylation sites is 1. The molecule has 0 bridgehead atoms. The Labute approximate surface area is 141 Å². The molecule has 0 saturated carbocycles. The van der Waals surface area contributed by atoms with E-state index in [1.54, 1.807) is 18.3 Å². The lowest BCUT2D eigenvalue weighted by molar-refractivity contribution is 0.0859. The fourth-order valence-electron chi connectivity index (χ4n) is 2.66. The molecular formula is C18H21N3O3. The van der Waals surface area contributed by atoms with Gasteiger partial charge >= 0.3 is 6.16 Å². The first-order chi connectivity index (χ1) is 11.8. The second-order valence-electron chi connectivity index (χ2n) is 5.55. The summed E-state index contributed by atoms with van der Waals surface area (Å²) in [6, 6.07) is 13.8. The number of pyridine rings is 1. The van der Waals surface area contributed by atoms with Crippen LogP contribution >= 0.6 is 0 Å². The van der Waals surface area contributed by atoms with Crippen molar-refractivity contribution in [1.82, 2.24) is 9.88 Å². The zero-order valence-electron chi connectivity index (χ0n) is 13.5. The highest BCUT2D eigenvalue weighted by Crippen LogP contribution is 2.15. The molecule has 1 aromatic carbocycles. The highest BCUT2D eigenvalue weighted by Gasteiger charge is 2.17. The average Bonchev–Trinajstić information content (AvgIpc) is 2.64. The summed E-state index contributed by atoms with van der Waals surface area (Å²) in [6.45, 7) is 4.90. The Kier molecular flexibility index (Phi) is 5.63. The van der Waals surface area contributed by atoms with Gasteiger partial charge in [-0.05, 0) is 24.3 Å². The second-order valence-corrected chi connectivity index (χ2v) is 5.55. The predicted octanol–water partition coefficient (Wildman–Crippen LogP) is 2.42. The molecular weight excluding hydrogens is 306 g/mol. The summed E-state index contributed by atoms with van der Waals surface area (Å²) in [5.41, 5.74) is 1.26. The predicted molar refractivity (Wildman–Crippen MR) is 91.3 cm³/mol. The third-order valence-electron chi connectivity index (χ3n) is 3.96. The lowest BCUT2D eigenvalue weighted by Crippen LogP contribution is -2.47. The van der Waals surface area contributed by atoms with Gasteiger partial charge in [0, 0.05) is 44.6 Å². The van der Waals surface area contributed by atoms with Crippen LogP contribution in [0.5, 0.6) is 5.75 Å². The van der Waals surface area contributed by atoms with Crippen molar-refractivity contribution in [1.29, 1.82) is 0 Å². The molecule has 0 atom stereocenters. The molecule has 0 unspecified atom stereocenters. The molecule has 6 nitrogen and oxygen atoms in total. The fraction of sp³-hybridized carbons (Fsp3) is 0.333. The van der Waals surface area contributed by atoms with Gasteiger partial charge in [-0.2, -0.15) is 0 Å². The van der Waals surface area contributed by atoms with Crippen LogP contribution in [-0.2, 0) is 4.74 Å². The lowest BCUT2D eigenvalue weighted by atomic mass is 10.2. The highest BCUT2D eigenvalue weighted by atomic mass is 16.7. The van der Waals surface area contributed by atoms with E-state index in [0.717, 1.165) is 26.2 Å². The van der Waals surface area contributed by atoms with Crippen molar-refractivity contribution in [2.75, 3.05) is 44.2 Å². The van der Waals surface area contributed by atoms with Crippen LogP contribution in [-0.4, -0.2) is 55.4 Å². The van der Waals surface area contributed by atoms with Gasteiger partial charge in [0.05, 0.1) is 6.20 Å². The van der Waals surface area contributed by atoms with Gasteiger partial charge in [-0.3, -0.25) is 9.88 Å². The van der Waals surface area contributed by atoms with Crippen molar-refractivity contribution in [3.05, 3.63) is 54.9 Å². The van der Waals surface area contributed by atoms with E-state index in [2.05, 4.69) is 39.0 Å². The molecule has 1 aromatic heterocycles. The SMILES string of the molecule is O=C(OCCN1CCN(c2ccccc2)CC1)Oc1cccnc1. The van der Waals surface area contributed by atoms with Crippen molar-refractivity contribution in [3.63, 3.8) is 0 Å². The third-order valence-corrected chi connectivity index (χ3v) is 3.96. The van der Waals surface area contributed by atoms with Crippen LogP contribution in [0.25, 0.3) is 0 Å². The Bertz CT molecular complexity index is 628. The molecule has 24 heavy (non-hydrogen) atoms. The molecule has 0 radical (unpaired) electrons. The minimum atomic E-state index is -0.689. The van der Waals surface area contributed by atoms with Crippen molar-refractivity contribution < 1.29 is 14.3 Å². The van der Waals surface area contributed by atoms with Crippen LogP contribution in [0.2, 0.25) is 0 Å². The summed E-state index contributed by atoms with van der Waals surface area (Å²) >= 11 is 0. The van der Waals surface area contributed by atoms with Crippen LogP contribution in [0.4, 0.5) is 10.5 Å². The van der Waals surface area contributed by atoms with Gasteiger partial charge in [-0.15, -0.1) is 0 Å². The van der Waals surface area contributed by atoms with E-state index < -0.39 is 6.16 Å². The third kappa shape index (κ3) is 4.70. The molecule has 1 fully saturated rings. The average molecular weight is 327 g/mol. The number of rotatable bonds is 5. The Morgan fingerprint density at radius 2 is 1.83 bits per heavy atom. The minimum Gasteiger partial charge on any atom is -0.433 e. The van der Waals surface area contributed by atoms with Crippen molar-refractivity contribution in [2.24, 2.45) is 0 Å². The summed E-state index contributed by atoms with van der Waals surface area (Å²) < 4.78 is 10.1. The second kappa shape index (κ2) is 8.31. The lowest BCUT2D eigenvalue weighted by Gasteiger charge is -2.35. The summed E-state index contributed by atoms with van der Waals surface area (Å²) in [5.74, 6) is 0.388. The van der Waals surface area contributed by atoms with Gasteiger partial charge in [-0.1, -0.05) is 18.2 Å². The number of aromatic nitrogens is 1. The molecule has 1 aliphatic rings. The summed E-state index contributed by atoms with van der Waals surface area (Å²) in [6.07, 6.45) is 2.41. The fourth-order valence-corrected chi connectivity index (χ4v) is 2.66. The molecule has 2 heterocycles. The monoisotopic (exact) mass is 327 g/mol. The normalized spacial score (nSPS) is 15.1. The Morgan fingerprint density at radius 1 is 1.04 bits per heavy atom. The molecule has 6 heteroatoms. The van der Waals surface area contributed by atoms with E-state index in [-0.39, 0.29) is 0 Å². The van der Waals surface area contributed by atoms with Gasteiger partial charge in [0.25, 0.3) is 0 Å². The standard InChI is InChI=1S/C18H21N3O3/c22-18(24-17-7-4-8-19-15-17)23-14-13-20-9-11-21(12-10-20)16-5-2-1-3-6-16/h1-8,15H,9-14H2. The number of hydrogen-bond donors (Lipinski definition) is 0. The topological polar surface area (TPSA) is 54.9 Å². The number of hydrogen-bond acceptors (Lipinski definition) is 6. The molecule has 2 aromatic rings. The van der Waals surface area contributed by atoms with Crippen molar-refractivity contribution in [3.8, 4) is 5.75 Å². The molecule has 1 aliphatic heterocycles. The van der Waals surface area contributed by atoms with Crippen LogP contribution in [0.15, 0.2) is 54.9 Å². The number of anilines is 1. The number of nitrogens with zero attached hydrogens (tertiary/aromatic N) is 3. The number of carbonyl (C=O) groups excluding carboxylic acids is 1. The maximum Gasteiger partial charge on any atom is 0.513 e. The molecule has 0 spiro atoms. The molecule has 0 aliphatic carbocycles. The minimum absolute atomic E-state index is 0.324. The Hall–Kier alpha value is -2.60. The van der Waals surface area contributed by atoms with E-state index in [1.807, 2.05) is 6.07 Å². The first-order valence-corrected chi connectivity index (χ1v) is 8.08. The van der Waals surface area contributed by atoms with Crippen LogP contribution in [0.3, 0.4) is 0 Å². The van der Waals surface area contributed by atoms with Gasteiger partial charge in [0.2, 0.25) is 0 Å². The van der Waals surface area contributed by atoms with E-state index >= 15 is 0 Å². The number of ether oxygens (including phenoxy) is 2. The Balaban J connectivity index is 1.34. The van der Waals surface area contributed by atoms with E-state index in [4.69, 9.17) is 9.47 Å². The molecule has 0 amide bonds. The summed E-state index contributed by atoms with van der Waals surface area (Å²) in [5, 5.41) is 0. The maximum atomic E-state index is 11.6. The zero-order valence-corrected chi connectivity index (χ0v) is 13.5. The summed E-state index contributed by atoms with van der Waals surface area (Å²) in [7, 11) is 0. The van der Waals surface area contributed by atoms with Gasteiger partial charge < -0.3 is 14.4 Å². The van der Waals surface area contributed by atoms with Crippen LogP contribution < -0.4 is 9.64 Å². The van der Waals surface area contributed by atoms with Gasteiger partial charge in [0.15, 0.2) is 5.75 Å². The van der Waals surface area contributed by atoms with Gasteiger partial charge in [0.1, 0.15) is 6.61 Å². The first kappa shape index (κ1) is 16.3. The Morgan fingerprint density at radius 3 is 2.54 bits per heavy atom. The number of carbonyl (C=O) groups is 1. The van der Waals surface area contributed by atoms with Crippen molar-refractivity contribution >= 4 is 11.8 Å². The zero-order chi connectivity index (χ0) is 16.6. The van der Waals surface area contributed by atoms with E-state index in [0.29, 0.717) is 18.9 Å². The molecule has 1 saturated heterocycles. The highest BCUT2D eigenvalue weighted by molar-refractivity contribution is 5.63. The quantitative estimate of drug-likeness (QED) is 0.786. The first-order valence-electron chi connectivity index (χ1n) is 8.08. The summed E-state index contributed by atoms with van der Waals surface area (Å²) in [4.78, 5) is 20.1.